The summed E-state index contributed by atoms with van der Waals surface area (Å²) in [4.78, 5) is 9.36. The van der Waals surface area contributed by atoms with Gasteiger partial charge in [-0.15, -0.1) is 24.0 Å². The van der Waals surface area contributed by atoms with Crippen LogP contribution in [-0.4, -0.2) is 49.9 Å². The SMILES string of the molecule is CCNC(=NCc1ccc(OC)c(OC)c1OC)NCCCn1c(C)nc2ccccc21.I. The second kappa shape index (κ2) is 13.1. The maximum Gasteiger partial charge on any atom is 0.203 e. The van der Waals surface area contributed by atoms with E-state index in [1.54, 1.807) is 21.3 Å². The minimum absolute atomic E-state index is 0. The van der Waals surface area contributed by atoms with Crippen molar-refractivity contribution in [3.05, 3.63) is 47.8 Å². The molecule has 9 heteroatoms. The first kappa shape index (κ1) is 26.6. The Kier molecular flexibility index (Phi) is 10.6. The summed E-state index contributed by atoms with van der Waals surface area (Å²) in [5.41, 5.74) is 3.13. The number of guanidine groups is 1. The van der Waals surface area contributed by atoms with Crippen LogP contribution in [0, 0.1) is 6.92 Å². The fraction of sp³-hybridized carbons (Fsp3) is 0.417. The van der Waals surface area contributed by atoms with Crippen molar-refractivity contribution in [3.63, 3.8) is 0 Å². The zero-order valence-corrected chi connectivity index (χ0v) is 22.3. The number of ether oxygens (including phenoxy) is 3. The Morgan fingerprint density at radius 2 is 1.76 bits per heavy atom. The molecule has 0 radical (unpaired) electrons. The molecule has 180 valence electrons. The van der Waals surface area contributed by atoms with Crippen LogP contribution in [0.25, 0.3) is 11.0 Å². The van der Waals surface area contributed by atoms with Crippen LogP contribution < -0.4 is 24.8 Å². The molecule has 3 aromatic rings. The molecule has 2 N–H and O–H groups in total. The van der Waals surface area contributed by atoms with Crippen LogP contribution in [-0.2, 0) is 13.1 Å². The molecule has 1 heterocycles. The fourth-order valence-corrected chi connectivity index (χ4v) is 3.72. The molecule has 0 aliphatic heterocycles. The van der Waals surface area contributed by atoms with Crippen molar-refractivity contribution in [2.45, 2.75) is 33.4 Å². The molecule has 0 saturated heterocycles. The third-order valence-electron chi connectivity index (χ3n) is 5.23. The lowest BCUT2D eigenvalue weighted by molar-refractivity contribution is 0.322. The maximum atomic E-state index is 5.56. The van der Waals surface area contributed by atoms with Crippen molar-refractivity contribution in [1.29, 1.82) is 0 Å². The summed E-state index contributed by atoms with van der Waals surface area (Å²) in [7, 11) is 4.83. The number of imidazole rings is 1. The number of rotatable bonds is 10. The van der Waals surface area contributed by atoms with E-state index in [4.69, 9.17) is 19.2 Å². The van der Waals surface area contributed by atoms with Crippen molar-refractivity contribution in [2.24, 2.45) is 4.99 Å². The number of nitrogens with zero attached hydrogens (tertiary/aromatic N) is 3. The van der Waals surface area contributed by atoms with Gasteiger partial charge in [0.05, 0.1) is 38.9 Å². The first-order chi connectivity index (χ1) is 15.6. The topological polar surface area (TPSA) is 81.9 Å². The molecule has 8 nitrogen and oxygen atoms in total. The van der Waals surface area contributed by atoms with Gasteiger partial charge in [-0.05, 0) is 44.5 Å². The molecule has 33 heavy (non-hydrogen) atoms. The first-order valence-electron chi connectivity index (χ1n) is 10.8. The standard InChI is InChI=1S/C24H33N5O3.HI/c1-6-25-24(27-16-18-12-13-21(30-3)23(32-5)22(18)31-4)26-14-9-15-29-17(2)28-19-10-7-8-11-20(19)29;/h7-8,10-13H,6,9,14-16H2,1-5H3,(H2,25,26,27);1H. The van der Waals surface area contributed by atoms with Gasteiger partial charge >= 0.3 is 0 Å². The largest absolute Gasteiger partial charge is 0.493 e. The maximum absolute atomic E-state index is 5.56. The van der Waals surface area contributed by atoms with Gasteiger partial charge in [-0.2, -0.15) is 0 Å². The molecule has 0 amide bonds. The molecule has 0 aliphatic carbocycles. The van der Waals surface area contributed by atoms with Crippen molar-refractivity contribution in [1.82, 2.24) is 20.2 Å². The predicted molar refractivity (Wildman–Crippen MR) is 143 cm³/mol. The van der Waals surface area contributed by atoms with E-state index < -0.39 is 0 Å². The average molecular weight is 567 g/mol. The predicted octanol–water partition coefficient (Wildman–Crippen LogP) is 4.13. The second-order valence-corrected chi connectivity index (χ2v) is 7.27. The minimum atomic E-state index is 0. The van der Waals surface area contributed by atoms with Crippen molar-refractivity contribution < 1.29 is 14.2 Å². The van der Waals surface area contributed by atoms with Gasteiger partial charge in [-0.3, -0.25) is 0 Å². The van der Waals surface area contributed by atoms with E-state index in [0.29, 0.717) is 23.8 Å². The van der Waals surface area contributed by atoms with E-state index in [2.05, 4.69) is 52.2 Å². The summed E-state index contributed by atoms with van der Waals surface area (Å²) in [6, 6.07) is 12.1. The van der Waals surface area contributed by atoms with E-state index in [1.165, 1.54) is 5.52 Å². The Labute approximate surface area is 212 Å². The van der Waals surface area contributed by atoms with Crippen molar-refractivity contribution >= 4 is 41.0 Å². The number of hydrogen-bond donors (Lipinski definition) is 2. The van der Waals surface area contributed by atoms with Gasteiger partial charge < -0.3 is 29.4 Å². The van der Waals surface area contributed by atoms with Gasteiger partial charge in [0, 0.05) is 25.2 Å². The third kappa shape index (κ3) is 6.43. The highest BCUT2D eigenvalue weighted by Crippen LogP contribution is 2.39. The van der Waals surface area contributed by atoms with Gasteiger partial charge in [0.25, 0.3) is 0 Å². The number of para-hydroxylation sites is 2. The van der Waals surface area contributed by atoms with Gasteiger partial charge in [0.15, 0.2) is 17.5 Å². The number of nitrogens with one attached hydrogen (secondary N) is 2. The minimum Gasteiger partial charge on any atom is -0.493 e. The Morgan fingerprint density at radius 1 is 1.00 bits per heavy atom. The van der Waals surface area contributed by atoms with E-state index >= 15 is 0 Å². The smallest absolute Gasteiger partial charge is 0.203 e. The Hall–Kier alpha value is -2.69. The second-order valence-electron chi connectivity index (χ2n) is 7.27. The van der Waals surface area contributed by atoms with Crippen molar-refractivity contribution in [3.8, 4) is 17.2 Å². The fourth-order valence-electron chi connectivity index (χ4n) is 3.72. The number of aromatic nitrogens is 2. The molecule has 1 aromatic heterocycles. The van der Waals surface area contributed by atoms with Crippen LogP contribution in [0.1, 0.15) is 24.7 Å². The van der Waals surface area contributed by atoms with Crippen LogP contribution in [0.15, 0.2) is 41.4 Å². The molecule has 0 aliphatic rings. The normalized spacial score (nSPS) is 11.1. The molecular weight excluding hydrogens is 533 g/mol. The molecule has 2 aromatic carbocycles. The van der Waals surface area contributed by atoms with E-state index in [-0.39, 0.29) is 24.0 Å². The average Bonchev–Trinajstić information content (AvgIpc) is 3.14. The summed E-state index contributed by atoms with van der Waals surface area (Å²) in [6.07, 6.45) is 0.950. The summed E-state index contributed by atoms with van der Waals surface area (Å²) in [5, 5.41) is 6.72. The summed E-state index contributed by atoms with van der Waals surface area (Å²) < 4.78 is 18.7. The number of aliphatic imine (C=N–C) groups is 1. The summed E-state index contributed by atoms with van der Waals surface area (Å²) in [5.74, 6) is 3.63. The highest BCUT2D eigenvalue weighted by atomic mass is 127. The van der Waals surface area contributed by atoms with E-state index in [0.717, 1.165) is 48.9 Å². The number of hydrogen-bond acceptors (Lipinski definition) is 5. The quantitative estimate of drug-likeness (QED) is 0.166. The van der Waals surface area contributed by atoms with Crippen molar-refractivity contribution in [2.75, 3.05) is 34.4 Å². The van der Waals surface area contributed by atoms with Gasteiger partial charge in [-0.1, -0.05) is 12.1 Å². The third-order valence-corrected chi connectivity index (χ3v) is 5.23. The number of halogens is 1. The zero-order valence-electron chi connectivity index (χ0n) is 20.0. The molecule has 3 rings (SSSR count). The van der Waals surface area contributed by atoms with Gasteiger partial charge in [-0.25, -0.2) is 9.98 Å². The lowest BCUT2D eigenvalue weighted by Crippen LogP contribution is -2.38. The zero-order chi connectivity index (χ0) is 22.9. The highest BCUT2D eigenvalue weighted by molar-refractivity contribution is 14.0. The number of fused-ring (bicyclic) bond motifs is 1. The van der Waals surface area contributed by atoms with Crippen LogP contribution in [0.3, 0.4) is 0 Å². The van der Waals surface area contributed by atoms with Crippen LogP contribution >= 0.6 is 24.0 Å². The number of aryl methyl sites for hydroxylation is 2. The lowest BCUT2D eigenvalue weighted by Gasteiger charge is -2.16. The molecule has 0 unspecified atom stereocenters. The van der Waals surface area contributed by atoms with E-state index in [1.807, 2.05) is 18.2 Å². The van der Waals surface area contributed by atoms with Crippen LogP contribution in [0.2, 0.25) is 0 Å². The number of benzene rings is 2. The van der Waals surface area contributed by atoms with Gasteiger partial charge in [0.2, 0.25) is 5.75 Å². The van der Waals surface area contributed by atoms with Crippen LogP contribution in [0.4, 0.5) is 0 Å². The monoisotopic (exact) mass is 567 g/mol. The molecule has 0 saturated carbocycles. The lowest BCUT2D eigenvalue weighted by atomic mass is 10.1. The molecule has 0 bridgehead atoms. The molecule has 0 spiro atoms. The molecular formula is C24H34IN5O3. The molecule has 0 fully saturated rings. The molecule has 0 atom stereocenters. The van der Waals surface area contributed by atoms with Gasteiger partial charge in [0.1, 0.15) is 5.82 Å². The summed E-state index contributed by atoms with van der Waals surface area (Å²) in [6.45, 7) is 7.01. The summed E-state index contributed by atoms with van der Waals surface area (Å²) >= 11 is 0. The Bertz CT molecular complexity index is 1070. The van der Waals surface area contributed by atoms with E-state index in [9.17, 15) is 0 Å². The number of methoxy groups -OCH3 is 3. The first-order valence-corrected chi connectivity index (χ1v) is 10.8. The Morgan fingerprint density at radius 3 is 2.45 bits per heavy atom. The Balaban J connectivity index is 0.00000385. The highest BCUT2D eigenvalue weighted by Gasteiger charge is 2.15. The van der Waals surface area contributed by atoms with Crippen LogP contribution in [0.5, 0.6) is 17.2 Å².